The zero-order valence-electron chi connectivity index (χ0n) is 12.9. The Morgan fingerprint density at radius 2 is 1.86 bits per heavy atom. The molecule has 1 amide bonds. The van der Waals surface area contributed by atoms with E-state index in [1.165, 1.54) is 0 Å². The van der Waals surface area contributed by atoms with Crippen LogP contribution in [0.5, 0.6) is 5.75 Å². The predicted octanol–water partition coefficient (Wildman–Crippen LogP) is 1.77. The van der Waals surface area contributed by atoms with Crippen LogP contribution in [-0.2, 0) is 4.79 Å². The Morgan fingerprint density at radius 3 is 2.43 bits per heavy atom. The maximum atomic E-state index is 12.0. The molecule has 5 nitrogen and oxygen atoms in total. The fraction of sp³-hybridized carbons (Fsp3) is 0.500. The van der Waals surface area contributed by atoms with Gasteiger partial charge in [0.2, 0.25) is 5.91 Å². The predicted molar refractivity (Wildman–Crippen MR) is 82.7 cm³/mol. The van der Waals surface area contributed by atoms with Crippen LogP contribution in [0.2, 0.25) is 0 Å². The zero-order valence-corrected chi connectivity index (χ0v) is 12.9. The number of ketones is 1. The van der Waals surface area contributed by atoms with Gasteiger partial charge >= 0.3 is 0 Å². The van der Waals surface area contributed by atoms with E-state index in [4.69, 9.17) is 4.74 Å². The topological polar surface area (TPSA) is 67.4 Å². The molecule has 0 aromatic heterocycles. The molecule has 0 unspecified atom stereocenters. The van der Waals surface area contributed by atoms with Gasteiger partial charge in [-0.15, -0.1) is 0 Å². The number of ether oxygens (including phenoxy) is 1. The minimum atomic E-state index is -0.0957. The Labute approximate surface area is 126 Å². The highest BCUT2D eigenvalue weighted by atomic mass is 16.5. The molecule has 1 aromatic carbocycles. The summed E-state index contributed by atoms with van der Waals surface area (Å²) in [6.45, 7) is 5.47. The number of hydrogen-bond acceptors (Lipinski definition) is 4. The van der Waals surface area contributed by atoms with E-state index in [-0.39, 0.29) is 30.6 Å². The molecule has 116 valence electrons. The van der Waals surface area contributed by atoms with Crippen molar-refractivity contribution >= 4 is 11.7 Å². The van der Waals surface area contributed by atoms with Crippen LogP contribution in [0.1, 0.15) is 37.0 Å². The molecule has 21 heavy (non-hydrogen) atoms. The van der Waals surface area contributed by atoms with Crippen LogP contribution in [0, 0.1) is 0 Å². The quantitative estimate of drug-likeness (QED) is 0.681. The Morgan fingerprint density at radius 1 is 1.19 bits per heavy atom. The van der Waals surface area contributed by atoms with Gasteiger partial charge in [-0.1, -0.05) is 6.92 Å². The third kappa shape index (κ3) is 6.40. The van der Waals surface area contributed by atoms with Crippen LogP contribution in [-0.4, -0.2) is 37.9 Å². The number of methoxy groups -OCH3 is 1. The van der Waals surface area contributed by atoms with Crippen molar-refractivity contribution in [1.29, 1.82) is 0 Å². The molecule has 1 aromatic rings. The van der Waals surface area contributed by atoms with Crippen LogP contribution in [0.3, 0.4) is 0 Å². The standard InChI is InChI=1S/C16H24N2O3/c1-4-17-12(2)11-18-16(20)10-9-15(19)13-5-7-14(21-3)8-6-13/h5-8,12,17H,4,9-11H2,1-3H3,(H,18,20)/t12-/m1/s1. The van der Waals surface area contributed by atoms with Crippen molar-refractivity contribution in [3.8, 4) is 5.75 Å². The number of Topliss-reactive ketones (excluding diaryl/α,β-unsaturated/α-hetero) is 1. The van der Waals surface area contributed by atoms with Gasteiger partial charge in [0, 0.05) is 31.0 Å². The summed E-state index contributed by atoms with van der Waals surface area (Å²) in [5.74, 6) is 0.579. The van der Waals surface area contributed by atoms with Crippen molar-refractivity contribution in [2.24, 2.45) is 0 Å². The van der Waals surface area contributed by atoms with Gasteiger partial charge < -0.3 is 15.4 Å². The first-order chi connectivity index (χ1) is 10.1. The van der Waals surface area contributed by atoms with E-state index in [0.29, 0.717) is 17.9 Å². The van der Waals surface area contributed by atoms with Gasteiger partial charge in [-0.05, 0) is 37.7 Å². The van der Waals surface area contributed by atoms with Crippen LogP contribution in [0.15, 0.2) is 24.3 Å². The first-order valence-corrected chi connectivity index (χ1v) is 7.24. The monoisotopic (exact) mass is 292 g/mol. The summed E-state index contributed by atoms with van der Waals surface area (Å²) in [7, 11) is 1.58. The van der Waals surface area contributed by atoms with E-state index >= 15 is 0 Å². The summed E-state index contributed by atoms with van der Waals surface area (Å²) in [6, 6.07) is 7.14. The molecule has 2 N–H and O–H groups in total. The molecule has 0 heterocycles. The Kier molecular flexibility index (Phi) is 7.46. The van der Waals surface area contributed by atoms with Crippen molar-refractivity contribution in [1.82, 2.24) is 10.6 Å². The molecule has 1 atom stereocenters. The van der Waals surface area contributed by atoms with E-state index in [1.54, 1.807) is 31.4 Å². The molecule has 0 aliphatic rings. The van der Waals surface area contributed by atoms with Crippen molar-refractivity contribution < 1.29 is 14.3 Å². The van der Waals surface area contributed by atoms with E-state index in [1.807, 2.05) is 13.8 Å². The molecule has 0 bridgehead atoms. The lowest BCUT2D eigenvalue weighted by Crippen LogP contribution is -2.38. The second-order valence-electron chi connectivity index (χ2n) is 4.91. The zero-order chi connectivity index (χ0) is 15.7. The SMILES string of the molecule is CCN[C@H](C)CNC(=O)CCC(=O)c1ccc(OC)cc1. The second kappa shape index (κ2) is 9.13. The number of carbonyl (C=O) groups excluding carboxylic acids is 2. The minimum absolute atomic E-state index is 0.0347. The number of benzene rings is 1. The van der Waals surface area contributed by atoms with Gasteiger partial charge in [-0.3, -0.25) is 9.59 Å². The average molecular weight is 292 g/mol. The molecule has 5 heteroatoms. The normalized spacial score (nSPS) is 11.8. The van der Waals surface area contributed by atoms with Crippen molar-refractivity contribution in [3.05, 3.63) is 29.8 Å². The van der Waals surface area contributed by atoms with Crippen molar-refractivity contribution in [3.63, 3.8) is 0 Å². The van der Waals surface area contributed by atoms with E-state index in [2.05, 4.69) is 10.6 Å². The third-order valence-corrected chi connectivity index (χ3v) is 3.15. The van der Waals surface area contributed by atoms with Gasteiger partial charge in [-0.2, -0.15) is 0 Å². The maximum Gasteiger partial charge on any atom is 0.220 e. The Hall–Kier alpha value is -1.88. The third-order valence-electron chi connectivity index (χ3n) is 3.15. The smallest absolute Gasteiger partial charge is 0.220 e. The molecule has 0 radical (unpaired) electrons. The molecule has 0 aliphatic carbocycles. The molecule has 1 rings (SSSR count). The summed E-state index contributed by atoms with van der Waals surface area (Å²) in [5, 5.41) is 6.03. The fourth-order valence-corrected chi connectivity index (χ4v) is 1.92. The molecule has 0 saturated carbocycles. The Bertz CT molecular complexity index is 457. The summed E-state index contributed by atoms with van der Waals surface area (Å²) in [6.07, 6.45) is 0.428. The summed E-state index contributed by atoms with van der Waals surface area (Å²) in [4.78, 5) is 23.6. The van der Waals surface area contributed by atoms with Crippen LogP contribution in [0.4, 0.5) is 0 Å². The molecular formula is C16H24N2O3. The lowest BCUT2D eigenvalue weighted by Gasteiger charge is -2.13. The summed E-state index contributed by atoms with van der Waals surface area (Å²) in [5.41, 5.74) is 0.601. The van der Waals surface area contributed by atoms with Crippen molar-refractivity contribution in [2.45, 2.75) is 32.7 Å². The molecular weight excluding hydrogens is 268 g/mol. The molecule has 0 spiro atoms. The van der Waals surface area contributed by atoms with E-state index in [0.717, 1.165) is 6.54 Å². The molecule has 0 aliphatic heterocycles. The minimum Gasteiger partial charge on any atom is -0.497 e. The number of likely N-dealkylation sites (N-methyl/N-ethyl adjacent to an activating group) is 1. The van der Waals surface area contributed by atoms with Crippen LogP contribution >= 0.6 is 0 Å². The Balaban J connectivity index is 2.33. The van der Waals surface area contributed by atoms with Crippen LogP contribution < -0.4 is 15.4 Å². The number of nitrogens with one attached hydrogen (secondary N) is 2. The maximum absolute atomic E-state index is 12.0. The lowest BCUT2D eigenvalue weighted by atomic mass is 10.1. The van der Waals surface area contributed by atoms with Gasteiger partial charge in [0.05, 0.1) is 7.11 Å². The summed E-state index contributed by atoms with van der Waals surface area (Å²) >= 11 is 0. The second-order valence-corrected chi connectivity index (χ2v) is 4.91. The average Bonchev–Trinajstić information content (AvgIpc) is 2.51. The highest BCUT2D eigenvalue weighted by molar-refractivity contribution is 5.98. The van der Waals surface area contributed by atoms with E-state index < -0.39 is 0 Å². The lowest BCUT2D eigenvalue weighted by molar-refractivity contribution is -0.121. The molecule has 0 fully saturated rings. The number of hydrogen-bond donors (Lipinski definition) is 2. The summed E-state index contributed by atoms with van der Waals surface area (Å²) < 4.78 is 5.04. The van der Waals surface area contributed by atoms with Gasteiger partial charge in [0.1, 0.15) is 5.75 Å². The number of amides is 1. The highest BCUT2D eigenvalue weighted by Crippen LogP contribution is 2.13. The number of rotatable bonds is 9. The molecule has 0 saturated heterocycles. The first-order valence-electron chi connectivity index (χ1n) is 7.24. The van der Waals surface area contributed by atoms with E-state index in [9.17, 15) is 9.59 Å². The van der Waals surface area contributed by atoms with Crippen molar-refractivity contribution in [2.75, 3.05) is 20.2 Å². The fourth-order valence-electron chi connectivity index (χ4n) is 1.92. The highest BCUT2D eigenvalue weighted by Gasteiger charge is 2.10. The van der Waals surface area contributed by atoms with Crippen LogP contribution in [0.25, 0.3) is 0 Å². The van der Waals surface area contributed by atoms with Gasteiger partial charge in [0.15, 0.2) is 5.78 Å². The van der Waals surface area contributed by atoms with Gasteiger partial charge in [0.25, 0.3) is 0 Å². The van der Waals surface area contributed by atoms with Gasteiger partial charge in [-0.25, -0.2) is 0 Å². The first kappa shape index (κ1) is 17.2. The largest absolute Gasteiger partial charge is 0.497 e. The number of carbonyl (C=O) groups is 2.